The predicted octanol–water partition coefficient (Wildman–Crippen LogP) is 3.00. The maximum Gasteiger partial charge on any atom is 0.221 e. The smallest absolute Gasteiger partial charge is 0.221 e. The minimum Gasteiger partial charge on any atom is -0.349 e. The minimum absolute atomic E-state index is 0.0122. The molecule has 0 spiro atoms. The number of H-pyrrole nitrogens is 1. The molecular weight excluding hydrogens is 288 g/mol. The Morgan fingerprint density at radius 3 is 3.00 bits per heavy atom. The lowest BCUT2D eigenvalue weighted by atomic mass is 9.83. The normalized spacial score (nSPS) is 21.3. The quantitative estimate of drug-likeness (QED) is 0.764. The molecule has 5 nitrogen and oxygen atoms in total. The zero-order valence-electron chi connectivity index (χ0n) is 12.9. The Kier molecular flexibility index (Phi) is 3.33. The van der Waals surface area contributed by atoms with E-state index < -0.39 is 0 Å². The lowest BCUT2D eigenvalue weighted by Crippen LogP contribution is -2.36. The van der Waals surface area contributed by atoms with Crippen molar-refractivity contribution in [1.29, 1.82) is 0 Å². The monoisotopic (exact) mass is 306 g/mol. The van der Waals surface area contributed by atoms with E-state index in [1.54, 1.807) is 6.20 Å². The zero-order chi connectivity index (χ0) is 15.8. The van der Waals surface area contributed by atoms with E-state index in [0.717, 1.165) is 28.7 Å². The third-order valence-corrected chi connectivity index (χ3v) is 4.51. The van der Waals surface area contributed by atoms with Crippen molar-refractivity contribution in [1.82, 2.24) is 20.3 Å². The van der Waals surface area contributed by atoms with Gasteiger partial charge in [-0.2, -0.15) is 0 Å². The molecule has 3 aromatic rings. The van der Waals surface area contributed by atoms with E-state index in [-0.39, 0.29) is 17.9 Å². The summed E-state index contributed by atoms with van der Waals surface area (Å²) in [4.78, 5) is 24.0. The van der Waals surface area contributed by atoms with Crippen molar-refractivity contribution >= 4 is 16.9 Å². The highest BCUT2D eigenvalue weighted by Crippen LogP contribution is 2.37. The standard InChI is InChI=1S/C18H18N4O/c1-11-7-15-14(4-6-20-18(15)21-11)13-8-16(22-17(23)9-13)12-3-2-5-19-10-12/h2-7,10,13,16H,8-9H2,1H3,(H,20,21)(H,22,23). The first-order chi connectivity index (χ1) is 11.2. The highest BCUT2D eigenvalue weighted by Gasteiger charge is 2.30. The molecule has 4 rings (SSSR count). The molecule has 5 heteroatoms. The van der Waals surface area contributed by atoms with E-state index in [2.05, 4.69) is 26.3 Å². The van der Waals surface area contributed by atoms with Gasteiger partial charge in [-0.25, -0.2) is 4.98 Å². The molecule has 0 aliphatic carbocycles. The van der Waals surface area contributed by atoms with Crippen molar-refractivity contribution in [3.05, 3.63) is 59.7 Å². The van der Waals surface area contributed by atoms with Crippen LogP contribution >= 0.6 is 0 Å². The number of aromatic amines is 1. The second kappa shape index (κ2) is 5.50. The summed E-state index contributed by atoms with van der Waals surface area (Å²) in [5.41, 5.74) is 4.23. The number of hydrogen-bond acceptors (Lipinski definition) is 3. The molecule has 4 heterocycles. The Hall–Kier alpha value is -2.69. The maximum atomic E-state index is 12.2. The van der Waals surface area contributed by atoms with E-state index in [1.807, 2.05) is 37.5 Å². The van der Waals surface area contributed by atoms with Crippen molar-refractivity contribution in [2.75, 3.05) is 0 Å². The third-order valence-electron chi connectivity index (χ3n) is 4.51. The Morgan fingerprint density at radius 2 is 2.17 bits per heavy atom. The van der Waals surface area contributed by atoms with E-state index in [1.165, 1.54) is 5.56 Å². The number of aromatic nitrogens is 3. The Balaban J connectivity index is 1.71. The molecule has 3 aromatic heterocycles. The van der Waals surface area contributed by atoms with Gasteiger partial charge in [-0.05, 0) is 48.6 Å². The number of nitrogens with zero attached hydrogens (tertiary/aromatic N) is 2. The van der Waals surface area contributed by atoms with Crippen LogP contribution in [0.3, 0.4) is 0 Å². The number of fused-ring (bicyclic) bond motifs is 1. The first-order valence-corrected chi connectivity index (χ1v) is 7.84. The fourth-order valence-corrected chi connectivity index (χ4v) is 3.48. The van der Waals surface area contributed by atoms with Crippen LogP contribution in [0, 0.1) is 6.92 Å². The molecular formula is C18H18N4O. The van der Waals surface area contributed by atoms with Gasteiger partial charge in [0.15, 0.2) is 0 Å². The van der Waals surface area contributed by atoms with E-state index in [4.69, 9.17) is 0 Å². The van der Waals surface area contributed by atoms with Crippen LogP contribution in [-0.2, 0) is 4.79 Å². The summed E-state index contributed by atoms with van der Waals surface area (Å²) in [7, 11) is 0. The van der Waals surface area contributed by atoms with Gasteiger partial charge in [0.05, 0.1) is 6.04 Å². The van der Waals surface area contributed by atoms with Crippen LogP contribution in [0.5, 0.6) is 0 Å². The average molecular weight is 306 g/mol. The van der Waals surface area contributed by atoms with Gasteiger partial charge in [0.1, 0.15) is 5.65 Å². The summed E-state index contributed by atoms with van der Waals surface area (Å²) in [5, 5.41) is 4.20. The zero-order valence-corrected chi connectivity index (χ0v) is 12.9. The third kappa shape index (κ3) is 2.59. The van der Waals surface area contributed by atoms with Crippen molar-refractivity contribution in [3.8, 4) is 0 Å². The number of amides is 1. The molecule has 0 aromatic carbocycles. The molecule has 2 unspecified atom stereocenters. The summed E-state index contributed by atoms with van der Waals surface area (Å²) in [6.07, 6.45) is 6.79. The van der Waals surface area contributed by atoms with Crippen LogP contribution in [0.1, 0.15) is 41.6 Å². The molecule has 2 N–H and O–H groups in total. The molecule has 1 fully saturated rings. The van der Waals surface area contributed by atoms with E-state index >= 15 is 0 Å². The summed E-state index contributed by atoms with van der Waals surface area (Å²) in [6.45, 7) is 2.03. The van der Waals surface area contributed by atoms with Gasteiger partial charge < -0.3 is 10.3 Å². The largest absolute Gasteiger partial charge is 0.349 e. The SMILES string of the molecule is Cc1cc2c(C3CC(=O)NC(c4cccnc4)C3)ccnc2[nH]1. The fraction of sp³-hybridized carbons (Fsp3) is 0.278. The van der Waals surface area contributed by atoms with Crippen LogP contribution in [0.25, 0.3) is 11.0 Å². The second-order valence-electron chi connectivity index (χ2n) is 6.16. The van der Waals surface area contributed by atoms with Gasteiger partial charge in [0.2, 0.25) is 5.91 Å². The number of carbonyl (C=O) groups excluding carboxylic acids is 1. The second-order valence-corrected chi connectivity index (χ2v) is 6.16. The molecule has 0 radical (unpaired) electrons. The molecule has 1 aliphatic rings. The molecule has 2 atom stereocenters. The average Bonchev–Trinajstić information content (AvgIpc) is 2.95. The summed E-state index contributed by atoms with van der Waals surface area (Å²) in [6, 6.07) is 8.09. The fourth-order valence-electron chi connectivity index (χ4n) is 3.48. The van der Waals surface area contributed by atoms with Gasteiger partial charge >= 0.3 is 0 Å². The maximum absolute atomic E-state index is 12.2. The minimum atomic E-state index is 0.0122. The summed E-state index contributed by atoms with van der Waals surface area (Å²) < 4.78 is 0. The number of aryl methyl sites for hydroxylation is 1. The number of pyridine rings is 2. The van der Waals surface area contributed by atoms with Crippen molar-refractivity contribution in [2.45, 2.75) is 31.7 Å². The number of piperidine rings is 1. The Bertz CT molecular complexity index is 856. The van der Waals surface area contributed by atoms with Gasteiger partial charge in [-0.3, -0.25) is 9.78 Å². The van der Waals surface area contributed by atoms with E-state index in [9.17, 15) is 4.79 Å². The molecule has 0 saturated carbocycles. The van der Waals surface area contributed by atoms with Crippen molar-refractivity contribution in [3.63, 3.8) is 0 Å². The number of hydrogen-bond donors (Lipinski definition) is 2. The first-order valence-electron chi connectivity index (χ1n) is 7.84. The van der Waals surface area contributed by atoms with Crippen molar-refractivity contribution in [2.24, 2.45) is 0 Å². The van der Waals surface area contributed by atoms with Crippen LogP contribution in [0.15, 0.2) is 42.9 Å². The Labute approximate surface area is 134 Å². The molecule has 0 bridgehead atoms. The van der Waals surface area contributed by atoms with Gasteiger partial charge in [-0.15, -0.1) is 0 Å². The number of rotatable bonds is 2. The van der Waals surface area contributed by atoms with Crippen LogP contribution in [0.4, 0.5) is 0 Å². The highest BCUT2D eigenvalue weighted by atomic mass is 16.1. The number of carbonyl (C=O) groups is 1. The Morgan fingerprint density at radius 1 is 1.26 bits per heavy atom. The first kappa shape index (κ1) is 13.9. The lowest BCUT2D eigenvalue weighted by molar-refractivity contribution is -0.123. The topological polar surface area (TPSA) is 70.7 Å². The predicted molar refractivity (Wildman–Crippen MR) is 87.9 cm³/mol. The van der Waals surface area contributed by atoms with Crippen LogP contribution in [-0.4, -0.2) is 20.9 Å². The number of nitrogens with one attached hydrogen (secondary N) is 2. The molecule has 116 valence electrons. The van der Waals surface area contributed by atoms with E-state index in [0.29, 0.717) is 6.42 Å². The molecule has 1 aliphatic heterocycles. The van der Waals surface area contributed by atoms with Gasteiger partial charge in [-0.1, -0.05) is 6.07 Å². The molecule has 1 amide bonds. The van der Waals surface area contributed by atoms with Crippen LogP contribution < -0.4 is 5.32 Å². The van der Waals surface area contributed by atoms with Gasteiger partial charge in [0.25, 0.3) is 0 Å². The molecule has 1 saturated heterocycles. The molecule has 23 heavy (non-hydrogen) atoms. The highest BCUT2D eigenvalue weighted by molar-refractivity contribution is 5.84. The lowest BCUT2D eigenvalue weighted by Gasteiger charge is -2.30. The summed E-state index contributed by atoms with van der Waals surface area (Å²) in [5.74, 6) is 0.280. The van der Waals surface area contributed by atoms with Crippen molar-refractivity contribution < 1.29 is 4.79 Å². The van der Waals surface area contributed by atoms with Gasteiger partial charge in [0, 0.05) is 36.1 Å². The van der Waals surface area contributed by atoms with Crippen LogP contribution in [0.2, 0.25) is 0 Å². The summed E-state index contributed by atoms with van der Waals surface area (Å²) >= 11 is 0.